The van der Waals surface area contributed by atoms with Crippen LogP contribution in [0.3, 0.4) is 0 Å². The van der Waals surface area contributed by atoms with Crippen LogP contribution >= 0.6 is 0 Å². The zero-order chi connectivity index (χ0) is 8.27. The Hall–Kier alpha value is -1.62. The number of azide groups is 1. The van der Waals surface area contributed by atoms with Crippen molar-refractivity contribution >= 4 is 5.69 Å². The van der Waals surface area contributed by atoms with E-state index in [1.54, 1.807) is 0 Å². The van der Waals surface area contributed by atoms with Crippen LogP contribution in [0.5, 0.6) is 0 Å². The summed E-state index contributed by atoms with van der Waals surface area (Å²) in [7, 11) is 0. The predicted molar refractivity (Wildman–Crippen MR) is 32.3 cm³/mol. The molecule has 0 radical (unpaired) electrons. The summed E-state index contributed by atoms with van der Waals surface area (Å²) in [5, 5.41) is 6.31. The number of halogens is 2. The van der Waals surface area contributed by atoms with E-state index in [2.05, 4.69) is 15.1 Å². The molecule has 0 amide bonds. The van der Waals surface area contributed by atoms with Crippen molar-refractivity contribution in [1.82, 2.24) is 9.78 Å². The summed E-state index contributed by atoms with van der Waals surface area (Å²) in [5.41, 5.74) is 7.98. The van der Waals surface area contributed by atoms with Gasteiger partial charge in [-0.15, -0.1) is 0 Å². The second-order valence-corrected chi connectivity index (χ2v) is 1.65. The van der Waals surface area contributed by atoms with E-state index in [1.165, 1.54) is 0 Å². The average molecular weight is 159 g/mol. The van der Waals surface area contributed by atoms with Gasteiger partial charge in [-0.25, -0.2) is 4.68 Å². The second kappa shape index (κ2) is 2.98. The summed E-state index contributed by atoms with van der Waals surface area (Å²) in [6.45, 7) is -2.70. The van der Waals surface area contributed by atoms with Crippen molar-refractivity contribution in [2.24, 2.45) is 5.11 Å². The van der Waals surface area contributed by atoms with E-state index < -0.39 is 6.55 Å². The Morgan fingerprint density at radius 2 is 2.45 bits per heavy atom. The number of hydrogen-bond acceptors (Lipinski definition) is 2. The van der Waals surface area contributed by atoms with Gasteiger partial charge in [0.15, 0.2) is 0 Å². The average Bonchev–Trinajstić information content (AvgIpc) is 2.37. The fourth-order valence-electron chi connectivity index (χ4n) is 0.538. The van der Waals surface area contributed by atoms with Crippen molar-refractivity contribution in [2.75, 3.05) is 0 Å². The molecular formula is C4H3F2N5. The van der Waals surface area contributed by atoms with Crippen molar-refractivity contribution in [2.45, 2.75) is 6.55 Å². The maximum Gasteiger partial charge on any atom is 0.333 e. The van der Waals surface area contributed by atoms with Crippen LogP contribution in [0, 0.1) is 0 Å². The maximum atomic E-state index is 11.8. The van der Waals surface area contributed by atoms with E-state index in [0.717, 1.165) is 12.4 Å². The van der Waals surface area contributed by atoms with Crippen LogP contribution in [0.1, 0.15) is 6.55 Å². The van der Waals surface area contributed by atoms with Gasteiger partial charge >= 0.3 is 6.55 Å². The second-order valence-electron chi connectivity index (χ2n) is 1.65. The lowest BCUT2D eigenvalue weighted by atomic mass is 10.6. The van der Waals surface area contributed by atoms with Gasteiger partial charge < -0.3 is 0 Å². The van der Waals surface area contributed by atoms with Crippen LogP contribution in [0.4, 0.5) is 14.5 Å². The maximum absolute atomic E-state index is 11.8. The molecule has 1 rings (SSSR count). The van der Waals surface area contributed by atoms with Gasteiger partial charge in [0.1, 0.15) is 0 Å². The third-order valence-corrected chi connectivity index (χ3v) is 0.948. The van der Waals surface area contributed by atoms with Crippen molar-refractivity contribution in [3.63, 3.8) is 0 Å². The highest BCUT2D eigenvalue weighted by Gasteiger charge is 2.05. The lowest BCUT2D eigenvalue weighted by molar-refractivity contribution is 0.0566. The molecule has 0 aromatic carbocycles. The van der Waals surface area contributed by atoms with E-state index in [4.69, 9.17) is 5.53 Å². The zero-order valence-corrected chi connectivity index (χ0v) is 5.22. The zero-order valence-electron chi connectivity index (χ0n) is 5.22. The molecule has 5 nitrogen and oxygen atoms in total. The monoisotopic (exact) mass is 159 g/mol. The van der Waals surface area contributed by atoms with Gasteiger partial charge in [-0.05, 0) is 5.53 Å². The molecule has 0 saturated carbocycles. The minimum absolute atomic E-state index is 0.0767. The number of rotatable bonds is 2. The molecule has 0 atom stereocenters. The third-order valence-electron chi connectivity index (χ3n) is 0.948. The highest BCUT2D eigenvalue weighted by Crippen LogP contribution is 2.14. The lowest BCUT2D eigenvalue weighted by Gasteiger charge is -1.94. The summed E-state index contributed by atoms with van der Waals surface area (Å²) in [4.78, 5) is 2.41. The summed E-state index contributed by atoms with van der Waals surface area (Å²) >= 11 is 0. The molecule has 0 saturated heterocycles. The molecule has 11 heavy (non-hydrogen) atoms. The summed E-state index contributed by atoms with van der Waals surface area (Å²) in [6, 6.07) is 0. The van der Waals surface area contributed by atoms with Crippen LogP contribution in [-0.4, -0.2) is 9.78 Å². The highest BCUT2D eigenvalue weighted by molar-refractivity contribution is 5.29. The van der Waals surface area contributed by atoms with Crippen molar-refractivity contribution in [3.05, 3.63) is 22.8 Å². The Bertz CT molecular complexity index is 286. The summed E-state index contributed by atoms with van der Waals surface area (Å²) < 4.78 is 24.0. The molecule has 1 aromatic heterocycles. The van der Waals surface area contributed by atoms with Gasteiger partial charge in [0.2, 0.25) is 0 Å². The molecule has 0 N–H and O–H groups in total. The molecule has 0 aliphatic rings. The van der Waals surface area contributed by atoms with Crippen LogP contribution < -0.4 is 0 Å². The van der Waals surface area contributed by atoms with Crippen molar-refractivity contribution in [1.29, 1.82) is 0 Å². The van der Waals surface area contributed by atoms with Gasteiger partial charge in [0, 0.05) is 11.1 Å². The smallest absolute Gasteiger partial charge is 0.211 e. The summed E-state index contributed by atoms with van der Waals surface area (Å²) in [6.07, 6.45) is 2.02. The first-order valence-electron chi connectivity index (χ1n) is 2.61. The first-order chi connectivity index (χ1) is 5.24. The van der Waals surface area contributed by atoms with Gasteiger partial charge in [0.25, 0.3) is 0 Å². The molecule has 0 aliphatic heterocycles. The molecule has 0 spiro atoms. The van der Waals surface area contributed by atoms with E-state index in [9.17, 15) is 8.78 Å². The Morgan fingerprint density at radius 1 is 1.73 bits per heavy atom. The molecular weight excluding hydrogens is 156 g/mol. The first-order valence-corrected chi connectivity index (χ1v) is 2.61. The predicted octanol–water partition coefficient (Wildman–Crippen LogP) is 2.22. The quantitative estimate of drug-likeness (QED) is 0.370. The molecule has 0 fully saturated rings. The molecule has 1 heterocycles. The fraction of sp³-hybridized carbons (Fsp3) is 0.250. The number of aromatic nitrogens is 2. The van der Waals surface area contributed by atoms with Gasteiger partial charge in [0.05, 0.1) is 11.9 Å². The van der Waals surface area contributed by atoms with Crippen LogP contribution in [0.15, 0.2) is 17.5 Å². The van der Waals surface area contributed by atoms with Crippen LogP contribution in [-0.2, 0) is 0 Å². The number of alkyl halides is 2. The molecule has 0 bridgehead atoms. The van der Waals surface area contributed by atoms with Crippen LogP contribution in [0.25, 0.3) is 10.4 Å². The fourth-order valence-corrected chi connectivity index (χ4v) is 0.538. The van der Waals surface area contributed by atoms with Gasteiger partial charge in [-0.2, -0.15) is 13.9 Å². The molecule has 7 heteroatoms. The van der Waals surface area contributed by atoms with E-state index in [-0.39, 0.29) is 5.69 Å². The minimum atomic E-state index is -2.70. The van der Waals surface area contributed by atoms with Crippen molar-refractivity contribution in [3.8, 4) is 0 Å². The third kappa shape index (κ3) is 1.65. The van der Waals surface area contributed by atoms with E-state index in [0.29, 0.717) is 4.68 Å². The van der Waals surface area contributed by atoms with E-state index >= 15 is 0 Å². The normalized spacial score (nSPS) is 9.73. The Kier molecular flexibility index (Phi) is 2.03. The Balaban J connectivity index is 2.90. The first kappa shape index (κ1) is 7.49. The number of nitrogens with zero attached hydrogens (tertiary/aromatic N) is 5. The van der Waals surface area contributed by atoms with Gasteiger partial charge in [-0.3, -0.25) is 0 Å². The minimum Gasteiger partial charge on any atom is -0.211 e. The highest BCUT2D eigenvalue weighted by atomic mass is 19.3. The summed E-state index contributed by atoms with van der Waals surface area (Å²) in [5.74, 6) is 0. The molecule has 0 unspecified atom stereocenters. The lowest BCUT2D eigenvalue weighted by Crippen LogP contribution is -1.96. The molecule has 0 aliphatic carbocycles. The SMILES string of the molecule is [N-]=[N+]=Nc1cnn(C(F)F)c1. The van der Waals surface area contributed by atoms with Crippen LogP contribution in [0.2, 0.25) is 0 Å². The topological polar surface area (TPSA) is 66.6 Å². The van der Waals surface area contributed by atoms with Crippen molar-refractivity contribution < 1.29 is 8.78 Å². The molecule has 58 valence electrons. The standard InChI is InChI=1S/C4H3F2N5/c5-4(6)11-2-3(1-8-11)9-10-7/h1-2,4H. The van der Waals surface area contributed by atoms with Gasteiger partial charge in [-0.1, -0.05) is 5.11 Å². The Morgan fingerprint density at radius 3 is 2.91 bits per heavy atom. The molecule has 1 aromatic rings. The largest absolute Gasteiger partial charge is 0.333 e. The number of hydrogen-bond donors (Lipinski definition) is 0. The van der Waals surface area contributed by atoms with E-state index in [1.807, 2.05) is 0 Å². The Labute approximate surface area is 59.9 Å².